The molecule has 0 aliphatic heterocycles. The molecule has 15 heavy (non-hydrogen) atoms. The second-order valence-electron chi connectivity index (χ2n) is 3.48. The van der Waals surface area contributed by atoms with Gasteiger partial charge in [-0.3, -0.25) is 4.98 Å². The molecule has 3 heteroatoms. The third kappa shape index (κ3) is 1.07. The number of nitrogens with zero attached hydrogens (tertiary/aromatic N) is 2. The van der Waals surface area contributed by atoms with Gasteiger partial charge in [-0.1, -0.05) is 18.2 Å². The smallest absolute Gasteiger partial charge is 0.120 e. The van der Waals surface area contributed by atoms with Gasteiger partial charge in [0.05, 0.1) is 17.2 Å². The molecule has 0 amide bonds. The molecular formula is C12H10N2O. The maximum atomic E-state index is 9.36. The summed E-state index contributed by atoms with van der Waals surface area (Å²) in [6.07, 6.45) is 3.56. The quantitative estimate of drug-likeness (QED) is 0.650. The van der Waals surface area contributed by atoms with Crippen molar-refractivity contribution in [1.82, 2.24) is 9.55 Å². The van der Waals surface area contributed by atoms with Crippen molar-refractivity contribution < 1.29 is 5.11 Å². The molecule has 1 N–H and O–H groups in total. The molecule has 0 aliphatic rings. The lowest BCUT2D eigenvalue weighted by Gasteiger charge is -2.00. The molecule has 0 saturated heterocycles. The summed E-state index contributed by atoms with van der Waals surface area (Å²) in [5.74, 6) is 0. The van der Waals surface area contributed by atoms with Crippen LogP contribution in [0, 0.1) is 0 Å². The lowest BCUT2D eigenvalue weighted by atomic mass is 10.2. The number of aliphatic hydroxyl groups excluding tert-OH is 1. The van der Waals surface area contributed by atoms with Crippen molar-refractivity contribution in [2.24, 2.45) is 0 Å². The van der Waals surface area contributed by atoms with Gasteiger partial charge in [0.1, 0.15) is 6.73 Å². The molecule has 0 aliphatic carbocycles. The van der Waals surface area contributed by atoms with Gasteiger partial charge in [-0.25, -0.2) is 0 Å². The third-order valence-electron chi connectivity index (χ3n) is 2.72. The molecular weight excluding hydrogens is 188 g/mol. The molecule has 2 heterocycles. The molecule has 0 bridgehead atoms. The summed E-state index contributed by atoms with van der Waals surface area (Å²) >= 11 is 0. The lowest BCUT2D eigenvalue weighted by Crippen LogP contribution is -1.95. The molecule has 0 fully saturated rings. The highest BCUT2D eigenvalue weighted by Gasteiger charge is 2.07. The van der Waals surface area contributed by atoms with E-state index >= 15 is 0 Å². The molecule has 0 radical (unpaired) electrons. The van der Waals surface area contributed by atoms with Crippen molar-refractivity contribution >= 4 is 21.8 Å². The maximum Gasteiger partial charge on any atom is 0.120 e. The van der Waals surface area contributed by atoms with E-state index in [0.717, 1.165) is 21.8 Å². The normalized spacial score (nSPS) is 11.3. The number of para-hydroxylation sites is 1. The van der Waals surface area contributed by atoms with E-state index in [4.69, 9.17) is 0 Å². The Bertz CT molecular complexity index is 574. The summed E-state index contributed by atoms with van der Waals surface area (Å²) in [6.45, 7) is -0.0181. The van der Waals surface area contributed by atoms with Crippen molar-refractivity contribution in [3.63, 3.8) is 0 Å². The van der Waals surface area contributed by atoms with Gasteiger partial charge in [-0.2, -0.15) is 0 Å². The van der Waals surface area contributed by atoms with E-state index in [-0.39, 0.29) is 6.73 Å². The topological polar surface area (TPSA) is 38.0 Å². The van der Waals surface area contributed by atoms with Gasteiger partial charge >= 0.3 is 0 Å². The number of pyridine rings is 1. The summed E-state index contributed by atoms with van der Waals surface area (Å²) < 4.78 is 1.86. The van der Waals surface area contributed by atoms with Crippen molar-refractivity contribution in [2.75, 3.05) is 0 Å². The van der Waals surface area contributed by atoms with E-state index in [1.54, 1.807) is 12.4 Å². The predicted molar refractivity (Wildman–Crippen MR) is 59.5 cm³/mol. The van der Waals surface area contributed by atoms with Crippen molar-refractivity contribution in [3.05, 3.63) is 42.7 Å². The van der Waals surface area contributed by atoms with E-state index in [2.05, 4.69) is 11.1 Å². The SMILES string of the molecule is OCn1c2ccccc2c2ccncc21. The Balaban J connectivity index is 2.62. The van der Waals surface area contributed by atoms with Crippen LogP contribution in [0.4, 0.5) is 0 Å². The fraction of sp³-hybridized carbons (Fsp3) is 0.0833. The zero-order valence-corrected chi connectivity index (χ0v) is 8.09. The van der Waals surface area contributed by atoms with Crippen LogP contribution in [-0.2, 0) is 6.73 Å². The van der Waals surface area contributed by atoms with Crippen molar-refractivity contribution in [1.29, 1.82) is 0 Å². The average molecular weight is 198 g/mol. The molecule has 0 spiro atoms. The second-order valence-corrected chi connectivity index (χ2v) is 3.48. The monoisotopic (exact) mass is 198 g/mol. The number of hydrogen-bond acceptors (Lipinski definition) is 2. The number of fused-ring (bicyclic) bond motifs is 3. The van der Waals surface area contributed by atoms with Gasteiger partial charge in [0, 0.05) is 17.0 Å². The fourth-order valence-electron chi connectivity index (χ4n) is 2.05. The van der Waals surface area contributed by atoms with E-state index in [1.165, 1.54) is 0 Å². The van der Waals surface area contributed by atoms with Crippen molar-refractivity contribution in [2.45, 2.75) is 6.73 Å². The van der Waals surface area contributed by atoms with Gasteiger partial charge in [0.25, 0.3) is 0 Å². The minimum Gasteiger partial charge on any atom is -0.376 e. The fourth-order valence-corrected chi connectivity index (χ4v) is 2.05. The number of hydrogen-bond donors (Lipinski definition) is 1. The zero-order valence-electron chi connectivity index (χ0n) is 8.09. The first-order valence-electron chi connectivity index (χ1n) is 4.83. The largest absolute Gasteiger partial charge is 0.376 e. The van der Waals surface area contributed by atoms with Crippen LogP contribution in [0.3, 0.4) is 0 Å². The number of benzene rings is 1. The minimum atomic E-state index is -0.0181. The summed E-state index contributed by atoms with van der Waals surface area (Å²) in [5.41, 5.74) is 2.02. The molecule has 1 aromatic carbocycles. The lowest BCUT2D eigenvalue weighted by molar-refractivity contribution is 0.220. The Morgan fingerprint density at radius 3 is 2.73 bits per heavy atom. The predicted octanol–water partition coefficient (Wildman–Crippen LogP) is 2.14. The number of rotatable bonds is 1. The Morgan fingerprint density at radius 1 is 1.07 bits per heavy atom. The van der Waals surface area contributed by atoms with Crippen LogP contribution in [0.2, 0.25) is 0 Å². The molecule has 0 saturated carbocycles. The van der Waals surface area contributed by atoms with Gasteiger partial charge in [-0.05, 0) is 12.1 Å². The van der Waals surface area contributed by atoms with Crippen LogP contribution < -0.4 is 0 Å². The average Bonchev–Trinajstić information content (AvgIpc) is 2.63. The number of aromatic nitrogens is 2. The Morgan fingerprint density at radius 2 is 1.87 bits per heavy atom. The van der Waals surface area contributed by atoms with Gasteiger partial charge in [-0.15, -0.1) is 0 Å². The molecule has 3 aromatic rings. The summed E-state index contributed by atoms with van der Waals surface area (Å²) in [6, 6.07) is 10.0. The molecule has 0 unspecified atom stereocenters. The molecule has 3 nitrogen and oxygen atoms in total. The standard InChI is InChI=1S/C12H10N2O/c15-8-14-11-4-2-1-3-9(11)10-5-6-13-7-12(10)14/h1-7,15H,8H2. The molecule has 0 atom stereocenters. The third-order valence-corrected chi connectivity index (χ3v) is 2.72. The highest BCUT2D eigenvalue weighted by Crippen LogP contribution is 2.27. The van der Waals surface area contributed by atoms with E-state index in [0.29, 0.717) is 0 Å². The summed E-state index contributed by atoms with van der Waals surface area (Å²) in [4.78, 5) is 4.08. The summed E-state index contributed by atoms with van der Waals surface area (Å²) in [5, 5.41) is 11.6. The Hall–Kier alpha value is -1.87. The molecule has 74 valence electrons. The Kier molecular flexibility index (Phi) is 1.73. The maximum absolute atomic E-state index is 9.36. The van der Waals surface area contributed by atoms with E-state index in [1.807, 2.05) is 28.8 Å². The first-order valence-corrected chi connectivity index (χ1v) is 4.83. The van der Waals surface area contributed by atoms with Crippen LogP contribution in [0.25, 0.3) is 21.8 Å². The van der Waals surface area contributed by atoms with Crippen molar-refractivity contribution in [3.8, 4) is 0 Å². The van der Waals surface area contributed by atoms with Crippen LogP contribution in [0.15, 0.2) is 42.7 Å². The first-order chi connectivity index (χ1) is 7.42. The number of aliphatic hydroxyl groups is 1. The first kappa shape index (κ1) is 8.44. The van der Waals surface area contributed by atoms with Gasteiger partial charge in [0.15, 0.2) is 0 Å². The second kappa shape index (κ2) is 3.07. The minimum absolute atomic E-state index is 0.0181. The van der Waals surface area contributed by atoms with Gasteiger partial charge in [0.2, 0.25) is 0 Å². The van der Waals surface area contributed by atoms with Crippen LogP contribution in [0.5, 0.6) is 0 Å². The van der Waals surface area contributed by atoms with E-state index < -0.39 is 0 Å². The molecule has 2 aromatic heterocycles. The zero-order chi connectivity index (χ0) is 10.3. The van der Waals surface area contributed by atoms with Gasteiger partial charge < -0.3 is 9.67 Å². The van der Waals surface area contributed by atoms with Crippen LogP contribution in [-0.4, -0.2) is 14.7 Å². The Labute approximate surface area is 86.6 Å². The van der Waals surface area contributed by atoms with Crippen LogP contribution in [0.1, 0.15) is 0 Å². The van der Waals surface area contributed by atoms with Crippen LogP contribution >= 0.6 is 0 Å². The molecule has 3 rings (SSSR count). The highest BCUT2D eigenvalue weighted by atomic mass is 16.3. The summed E-state index contributed by atoms with van der Waals surface area (Å²) in [7, 11) is 0. The highest BCUT2D eigenvalue weighted by molar-refractivity contribution is 6.07. The van der Waals surface area contributed by atoms with E-state index in [9.17, 15) is 5.11 Å².